The largest absolute Gasteiger partial charge is 0.394 e. The highest BCUT2D eigenvalue weighted by Gasteiger charge is 2.39. The fraction of sp³-hybridized carbons (Fsp3) is 1.00. The Hall–Kier alpha value is -0.290. The summed E-state index contributed by atoms with van der Waals surface area (Å²) >= 11 is 0. The van der Waals surface area contributed by atoms with E-state index in [1.807, 2.05) is 13.8 Å². The highest BCUT2D eigenvalue weighted by atomic mass is 19.4. The van der Waals surface area contributed by atoms with Gasteiger partial charge in [-0.25, -0.2) is 0 Å². The van der Waals surface area contributed by atoms with Crippen molar-refractivity contribution < 1.29 is 13.2 Å². The molecule has 0 radical (unpaired) electrons. The van der Waals surface area contributed by atoms with Crippen molar-refractivity contribution in [3.05, 3.63) is 0 Å². The van der Waals surface area contributed by atoms with Crippen LogP contribution in [-0.4, -0.2) is 37.3 Å². The molecular weight excluding hydrogens is 205 g/mol. The first-order valence-corrected chi connectivity index (χ1v) is 5.29. The van der Waals surface area contributed by atoms with E-state index in [2.05, 4.69) is 0 Å². The van der Waals surface area contributed by atoms with E-state index in [0.29, 0.717) is 0 Å². The van der Waals surface area contributed by atoms with Crippen molar-refractivity contribution in [2.24, 2.45) is 11.7 Å². The molecule has 0 spiro atoms. The smallest absolute Gasteiger partial charge is 0.330 e. The van der Waals surface area contributed by atoms with Gasteiger partial charge in [-0.1, -0.05) is 13.3 Å². The predicted octanol–water partition coefficient (Wildman–Crippen LogP) is 2.24. The van der Waals surface area contributed by atoms with Gasteiger partial charge in [0, 0.05) is 19.1 Å². The summed E-state index contributed by atoms with van der Waals surface area (Å²) in [6.07, 6.45) is -2.30. The summed E-state index contributed by atoms with van der Waals surface area (Å²) in [5.41, 5.74) is 5.13. The number of halogens is 3. The Morgan fingerprint density at radius 3 is 2.20 bits per heavy atom. The molecule has 0 aromatic carbocycles. The molecule has 0 amide bonds. The van der Waals surface area contributed by atoms with Gasteiger partial charge in [0.25, 0.3) is 0 Å². The molecule has 0 aliphatic rings. The van der Waals surface area contributed by atoms with Crippen molar-refractivity contribution in [2.75, 3.05) is 20.1 Å². The Bertz CT molecular complexity index is 171. The molecule has 0 heterocycles. The molecule has 0 aliphatic heterocycles. The lowest BCUT2D eigenvalue weighted by Gasteiger charge is -2.29. The van der Waals surface area contributed by atoms with E-state index < -0.39 is 12.1 Å². The number of alkyl halides is 3. The second-order valence-corrected chi connectivity index (χ2v) is 4.05. The van der Waals surface area contributed by atoms with Gasteiger partial charge < -0.3 is 10.6 Å². The van der Waals surface area contributed by atoms with E-state index in [4.69, 9.17) is 5.73 Å². The second kappa shape index (κ2) is 6.33. The van der Waals surface area contributed by atoms with E-state index in [1.54, 1.807) is 11.9 Å². The first-order chi connectivity index (χ1) is 6.82. The zero-order chi connectivity index (χ0) is 12.1. The highest BCUT2D eigenvalue weighted by Crippen LogP contribution is 2.26. The number of hydrogen-bond donors (Lipinski definition) is 1. The minimum Gasteiger partial charge on any atom is -0.330 e. The molecule has 15 heavy (non-hydrogen) atoms. The van der Waals surface area contributed by atoms with Gasteiger partial charge >= 0.3 is 6.18 Å². The molecule has 0 saturated heterocycles. The number of nitrogens with two attached hydrogens (primary N) is 1. The van der Waals surface area contributed by atoms with Crippen LogP contribution in [0.5, 0.6) is 0 Å². The average Bonchev–Trinajstić information content (AvgIpc) is 2.12. The van der Waals surface area contributed by atoms with Gasteiger partial charge in [0.1, 0.15) is 0 Å². The van der Waals surface area contributed by atoms with Crippen LogP contribution in [0.25, 0.3) is 0 Å². The molecule has 0 rings (SSSR count). The van der Waals surface area contributed by atoms with Crippen LogP contribution in [0, 0.1) is 5.92 Å². The normalized spacial score (nSPS) is 16.8. The van der Waals surface area contributed by atoms with Gasteiger partial charge in [-0.2, -0.15) is 13.2 Å². The van der Waals surface area contributed by atoms with Crippen molar-refractivity contribution >= 4 is 0 Å². The van der Waals surface area contributed by atoms with E-state index >= 15 is 0 Å². The molecule has 0 aromatic rings. The van der Waals surface area contributed by atoms with Crippen molar-refractivity contribution in [1.82, 2.24) is 4.90 Å². The zero-order valence-corrected chi connectivity index (χ0v) is 9.64. The monoisotopic (exact) mass is 226 g/mol. The molecule has 2 nitrogen and oxygen atoms in total. The molecule has 5 heteroatoms. The lowest BCUT2D eigenvalue weighted by molar-refractivity contribution is -0.176. The molecule has 2 unspecified atom stereocenters. The first-order valence-electron chi connectivity index (χ1n) is 5.29. The molecule has 2 atom stereocenters. The average molecular weight is 226 g/mol. The summed E-state index contributed by atoms with van der Waals surface area (Å²) in [5.74, 6) is -1.41. The molecular formula is C10H21F3N2. The molecule has 0 saturated carbocycles. The molecule has 0 bridgehead atoms. The maximum absolute atomic E-state index is 12.4. The van der Waals surface area contributed by atoms with Crippen molar-refractivity contribution in [2.45, 2.75) is 38.9 Å². The van der Waals surface area contributed by atoms with Gasteiger partial charge in [0.2, 0.25) is 0 Å². The molecule has 0 aromatic heterocycles. The Morgan fingerprint density at radius 1 is 1.33 bits per heavy atom. The van der Waals surface area contributed by atoms with Crippen LogP contribution >= 0.6 is 0 Å². The Morgan fingerprint density at radius 2 is 1.87 bits per heavy atom. The van der Waals surface area contributed by atoms with Crippen molar-refractivity contribution in [3.8, 4) is 0 Å². The predicted molar refractivity (Wildman–Crippen MR) is 55.6 cm³/mol. The third kappa shape index (κ3) is 5.37. The van der Waals surface area contributed by atoms with E-state index in [9.17, 15) is 13.2 Å². The lowest BCUT2D eigenvalue weighted by atomic mass is 10.1. The summed E-state index contributed by atoms with van der Waals surface area (Å²) in [6, 6.07) is 0.173. The quantitative estimate of drug-likeness (QED) is 0.752. The molecule has 92 valence electrons. The fourth-order valence-electron chi connectivity index (χ4n) is 1.48. The topological polar surface area (TPSA) is 29.3 Å². The Balaban J connectivity index is 4.18. The summed E-state index contributed by atoms with van der Waals surface area (Å²) in [5, 5.41) is 0. The molecule has 0 aliphatic carbocycles. The highest BCUT2D eigenvalue weighted by molar-refractivity contribution is 4.74. The second-order valence-electron chi connectivity index (χ2n) is 4.05. The van der Waals surface area contributed by atoms with Gasteiger partial charge in [0.05, 0.1) is 5.92 Å². The Kier molecular flexibility index (Phi) is 6.20. The van der Waals surface area contributed by atoms with Crippen molar-refractivity contribution in [1.29, 1.82) is 0 Å². The third-order valence-electron chi connectivity index (χ3n) is 2.71. The molecule has 0 fully saturated rings. The van der Waals surface area contributed by atoms with Gasteiger partial charge in [-0.15, -0.1) is 0 Å². The van der Waals surface area contributed by atoms with Crippen LogP contribution in [0.2, 0.25) is 0 Å². The van der Waals surface area contributed by atoms with E-state index in [0.717, 1.165) is 12.8 Å². The van der Waals surface area contributed by atoms with Crippen LogP contribution in [-0.2, 0) is 0 Å². The fourth-order valence-corrected chi connectivity index (χ4v) is 1.48. The number of hydrogen-bond acceptors (Lipinski definition) is 2. The molecule has 2 N–H and O–H groups in total. The number of rotatable bonds is 6. The number of nitrogens with zero attached hydrogens (tertiary/aromatic N) is 1. The van der Waals surface area contributed by atoms with Crippen LogP contribution in [0.15, 0.2) is 0 Å². The standard InChI is InChI=1S/C10H21F3N2/c1-4-5-8(2)15(3)7-9(6-14)10(11,12)13/h8-9H,4-7,14H2,1-3H3. The Labute approximate surface area is 89.6 Å². The summed E-state index contributed by atoms with van der Waals surface area (Å²) < 4.78 is 37.3. The van der Waals surface area contributed by atoms with Crippen LogP contribution in [0.3, 0.4) is 0 Å². The van der Waals surface area contributed by atoms with Crippen LogP contribution < -0.4 is 5.73 Å². The lowest BCUT2D eigenvalue weighted by Crippen LogP contribution is -2.42. The van der Waals surface area contributed by atoms with Crippen LogP contribution in [0.1, 0.15) is 26.7 Å². The van der Waals surface area contributed by atoms with Crippen molar-refractivity contribution in [3.63, 3.8) is 0 Å². The summed E-state index contributed by atoms with van der Waals surface area (Å²) in [6.45, 7) is 3.61. The van der Waals surface area contributed by atoms with E-state index in [1.165, 1.54) is 0 Å². The summed E-state index contributed by atoms with van der Waals surface area (Å²) in [7, 11) is 1.72. The maximum atomic E-state index is 12.4. The SMILES string of the molecule is CCCC(C)N(C)CC(CN)C(F)(F)F. The first kappa shape index (κ1) is 14.7. The minimum atomic E-state index is -4.19. The third-order valence-corrected chi connectivity index (χ3v) is 2.71. The van der Waals surface area contributed by atoms with Gasteiger partial charge in [-0.3, -0.25) is 0 Å². The zero-order valence-electron chi connectivity index (χ0n) is 9.64. The van der Waals surface area contributed by atoms with Gasteiger partial charge in [-0.05, 0) is 20.4 Å². The summed E-state index contributed by atoms with van der Waals surface area (Å²) in [4.78, 5) is 1.73. The van der Waals surface area contributed by atoms with Crippen LogP contribution in [0.4, 0.5) is 13.2 Å². The van der Waals surface area contributed by atoms with Gasteiger partial charge in [0.15, 0.2) is 0 Å². The maximum Gasteiger partial charge on any atom is 0.394 e. The van der Waals surface area contributed by atoms with E-state index in [-0.39, 0.29) is 19.1 Å². The minimum absolute atomic E-state index is 0.0127.